The Morgan fingerprint density at radius 2 is 2.45 bits per heavy atom. The maximum atomic E-state index is 10.3. The summed E-state index contributed by atoms with van der Waals surface area (Å²) in [5.41, 5.74) is 5.70. The topological polar surface area (TPSA) is 82.0 Å². The molecule has 0 unspecified atom stereocenters. The van der Waals surface area contributed by atoms with Crippen LogP contribution in [0.15, 0.2) is 18.3 Å². The first-order valence-electron chi connectivity index (χ1n) is 3.04. The molecule has 1 heterocycles. The Morgan fingerprint density at radius 3 is 2.91 bits per heavy atom. The molecule has 1 rings (SSSR count). The van der Waals surface area contributed by atoms with Crippen LogP contribution in [0.3, 0.4) is 0 Å². The van der Waals surface area contributed by atoms with Crippen LogP contribution in [0.25, 0.3) is 0 Å². The van der Waals surface area contributed by atoms with Crippen molar-refractivity contribution >= 4 is 5.82 Å². The summed E-state index contributed by atoms with van der Waals surface area (Å²) in [6.07, 6.45) is 1.37. The SMILES string of the molecule is NCc1cccnc1[N+](=O)[O-]. The van der Waals surface area contributed by atoms with Gasteiger partial charge in [0.25, 0.3) is 0 Å². The second-order valence-corrected chi connectivity index (χ2v) is 1.95. The number of aromatic nitrogens is 1. The fourth-order valence-electron chi connectivity index (χ4n) is 0.754. The van der Waals surface area contributed by atoms with E-state index in [0.717, 1.165) is 0 Å². The summed E-state index contributed by atoms with van der Waals surface area (Å²) >= 11 is 0. The van der Waals surface area contributed by atoms with Crippen molar-refractivity contribution in [2.75, 3.05) is 0 Å². The van der Waals surface area contributed by atoms with Gasteiger partial charge < -0.3 is 15.8 Å². The van der Waals surface area contributed by atoms with Gasteiger partial charge in [-0.2, -0.15) is 0 Å². The number of nitrogens with zero attached hydrogens (tertiary/aromatic N) is 2. The molecule has 0 spiro atoms. The molecule has 5 heteroatoms. The highest BCUT2D eigenvalue weighted by Crippen LogP contribution is 2.11. The molecule has 0 saturated carbocycles. The van der Waals surface area contributed by atoms with E-state index in [4.69, 9.17) is 5.73 Å². The van der Waals surface area contributed by atoms with Gasteiger partial charge in [-0.3, -0.25) is 0 Å². The van der Waals surface area contributed by atoms with E-state index in [1.165, 1.54) is 6.20 Å². The van der Waals surface area contributed by atoms with Crippen molar-refractivity contribution in [3.8, 4) is 0 Å². The molecule has 1 aromatic heterocycles. The first-order chi connectivity index (χ1) is 5.25. The zero-order valence-electron chi connectivity index (χ0n) is 5.73. The summed E-state index contributed by atoms with van der Waals surface area (Å²) in [5, 5.41) is 10.3. The molecule has 11 heavy (non-hydrogen) atoms. The van der Waals surface area contributed by atoms with Crippen molar-refractivity contribution in [3.05, 3.63) is 34.0 Å². The van der Waals surface area contributed by atoms with E-state index < -0.39 is 4.92 Å². The highest BCUT2D eigenvalue weighted by Gasteiger charge is 2.11. The summed E-state index contributed by atoms with van der Waals surface area (Å²) < 4.78 is 0. The Labute approximate surface area is 63.0 Å². The second-order valence-electron chi connectivity index (χ2n) is 1.95. The van der Waals surface area contributed by atoms with Gasteiger partial charge in [0.1, 0.15) is 6.20 Å². The van der Waals surface area contributed by atoms with Gasteiger partial charge >= 0.3 is 5.82 Å². The van der Waals surface area contributed by atoms with Crippen LogP contribution in [0.1, 0.15) is 5.56 Å². The first kappa shape index (κ1) is 7.62. The van der Waals surface area contributed by atoms with Gasteiger partial charge in [-0.1, -0.05) is 0 Å². The van der Waals surface area contributed by atoms with Crippen LogP contribution in [0, 0.1) is 10.1 Å². The Bertz CT molecular complexity index is 274. The highest BCUT2D eigenvalue weighted by molar-refractivity contribution is 5.30. The molecule has 0 radical (unpaired) electrons. The van der Waals surface area contributed by atoms with Crippen LogP contribution in [-0.2, 0) is 6.54 Å². The molecule has 2 N–H and O–H groups in total. The summed E-state index contributed by atoms with van der Waals surface area (Å²) in [7, 11) is 0. The first-order valence-corrected chi connectivity index (χ1v) is 3.04. The smallest absolute Gasteiger partial charge is 0.358 e. The Morgan fingerprint density at radius 1 is 1.73 bits per heavy atom. The van der Waals surface area contributed by atoms with Crippen LogP contribution in [0.4, 0.5) is 5.82 Å². The van der Waals surface area contributed by atoms with Crippen LogP contribution < -0.4 is 5.73 Å². The normalized spacial score (nSPS) is 9.55. The largest absolute Gasteiger partial charge is 0.367 e. The summed E-state index contributed by atoms with van der Waals surface area (Å²) in [5.74, 6) is -0.157. The molecule has 0 bridgehead atoms. The second kappa shape index (κ2) is 3.07. The third kappa shape index (κ3) is 1.50. The van der Waals surface area contributed by atoms with E-state index in [9.17, 15) is 10.1 Å². The van der Waals surface area contributed by atoms with E-state index in [1.807, 2.05) is 0 Å². The van der Waals surface area contributed by atoms with Crippen molar-refractivity contribution in [2.45, 2.75) is 6.54 Å². The highest BCUT2D eigenvalue weighted by atomic mass is 16.6. The summed E-state index contributed by atoms with van der Waals surface area (Å²) in [4.78, 5) is 13.3. The van der Waals surface area contributed by atoms with Crippen LogP contribution >= 0.6 is 0 Å². The van der Waals surface area contributed by atoms with Crippen molar-refractivity contribution in [1.29, 1.82) is 0 Å². The molecule has 0 saturated heterocycles. The average molecular weight is 153 g/mol. The molecule has 0 amide bonds. The fraction of sp³-hybridized carbons (Fsp3) is 0.167. The lowest BCUT2D eigenvalue weighted by atomic mass is 10.2. The molecule has 1 aromatic rings. The Hall–Kier alpha value is -1.49. The van der Waals surface area contributed by atoms with Gasteiger partial charge in [0, 0.05) is 6.54 Å². The minimum Gasteiger partial charge on any atom is -0.358 e. The minimum absolute atomic E-state index is 0.143. The monoisotopic (exact) mass is 153 g/mol. The van der Waals surface area contributed by atoms with Gasteiger partial charge in [0.05, 0.1) is 5.56 Å². The van der Waals surface area contributed by atoms with Crippen molar-refractivity contribution in [1.82, 2.24) is 4.98 Å². The van der Waals surface area contributed by atoms with E-state index in [0.29, 0.717) is 5.56 Å². The van der Waals surface area contributed by atoms with Gasteiger partial charge in [-0.15, -0.1) is 0 Å². The lowest BCUT2D eigenvalue weighted by Crippen LogP contribution is -2.02. The molecule has 0 atom stereocenters. The summed E-state index contributed by atoms with van der Waals surface area (Å²) in [6.45, 7) is 0.143. The number of nitro groups is 1. The number of hydrogen-bond acceptors (Lipinski definition) is 4. The van der Waals surface area contributed by atoms with Crippen LogP contribution in [0.2, 0.25) is 0 Å². The zero-order chi connectivity index (χ0) is 8.27. The number of pyridine rings is 1. The lowest BCUT2D eigenvalue weighted by Gasteiger charge is -1.96. The molecule has 5 nitrogen and oxygen atoms in total. The molecule has 0 aliphatic carbocycles. The van der Waals surface area contributed by atoms with E-state index in [1.54, 1.807) is 12.1 Å². The molecule has 0 fully saturated rings. The Kier molecular flexibility index (Phi) is 2.12. The molecule has 0 aliphatic rings. The number of hydrogen-bond donors (Lipinski definition) is 1. The maximum absolute atomic E-state index is 10.3. The minimum atomic E-state index is -0.539. The third-order valence-corrected chi connectivity index (χ3v) is 1.26. The zero-order valence-corrected chi connectivity index (χ0v) is 5.73. The van der Waals surface area contributed by atoms with Crippen molar-refractivity contribution < 1.29 is 4.92 Å². The fourth-order valence-corrected chi connectivity index (χ4v) is 0.754. The van der Waals surface area contributed by atoms with Gasteiger partial charge in [0.15, 0.2) is 0 Å². The molecule has 0 aliphatic heterocycles. The average Bonchev–Trinajstić information content (AvgIpc) is 2.04. The molecule has 58 valence electrons. The quantitative estimate of drug-likeness (QED) is 0.494. The molecular weight excluding hydrogens is 146 g/mol. The van der Waals surface area contributed by atoms with Gasteiger partial charge in [0.2, 0.25) is 0 Å². The predicted molar refractivity (Wildman–Crippen MR) is 38.8 cm³/mol. The van der Waals surface area contributed by atoms with Crippen LogP contribution in [-0.4, -0.2) is 9.91 Å². The van der Waals surface area contributed by atoms with E-state index >= 15 is 0 Å². The third-order valence-electron chi connectivity index (χ3n) is 1.26. The number of rotatable bonds is 2. The maximum Gasteiger partial charge on any atom is 0.367 e. The van der Waals surface area contributed by atoms with Crippen LogP contribution in [0.5, 0.6) is 0 Å². The lowest BCUT2D eigenvalue weighted by molar-refractivity contribution is -0.390. The standard InChI is InChI=1S/C6H7N3O2/c7-4-5-2-1-3-8-6(5)9(10)11/h1-3H,4,7H2. The summed E-state index contributed by atoms with van der Waals surface area (Å²) in [6, 6.07) is 3.21. The van der Waals surface area contributed by atoms with Crippen molar-refractivity contribution in [2.24, 2.45) is 5.73 Å². The van der Waals surface area contributed by atoms with Crippen molar-refractivity contribution in [3.63, 3.8) is 0 Å². The van der Waals surface area contributed by atoms with Gasteiger partial charge in [-0.05, 0) is 22.0 Å². The Balaban J connectivity index is 3.12. The van der Waals surface area contributed by atoms with E-state index in [-0.39, 0.29) is 12.4 Å². The molecular formula is C6H7N3O2. The predicted octanol–water partition coefficient (Wildman–Crippen LogP) is 0.448. The molecule has 0 aromatic carbocycles. The van der Waals surface area contributed by atoms with Gasteiger partial charge in [-0.25, -0.2) is 0 Å². The number of nitrogens with two attached hydrogens (primary N) is 1. The van der Waals surface area contributed by atoms with E-state index in [2.05, 4.69) is 4.98 Å².